The Morgan fingerprint density at radius 2 is 2.17 bits per heavy atom. The fourth-order valence-corrected chi connectivity index (χ4v) is 1.68. The summed E-state index contributed by atoms with van der Waals surface area (Å²) in [6.07, 6.45) is 3.63. The molecular formula is C11H15BrN6. The van der Waals surface area contributed by atoms with E-state index in [0.717, 1.165) is 10.3 Å². The molecule has 0 saturated carbocycles. The molecule has 2 aromatic rings. The second kappa shape index (κ2) is 5.34. The highest BCUT2D eigenvalue weighted by Crippen LogP contribution is 2.23. The van der Waals surface area contributed by atoms with Gasteiger partial charge >= 0.3 is 0 Å². The summed E-state index contributed by atoms with van der Waals surface area (Å²) in [5.41, 5.74) is 0. The third-order valence-electron chi connectivity index (χ3n) is 2.35. The lowest BCUT2D eigenvalue weighted by atomic mass is 10.4. The van der Waals surface area contributed by atoms with E-state index in [2.05, 4.69) is 55.5 Å². The van der Waals surface area contributed by atoms with Crippen LogP contribution >= 0.6 is 15.9 Å². The van der Waals surface area contributed by atoms with Gasteiger partial charge in [0.1, 0.15) is 0 Å². The van der Waals surface area contributed by atoms with Crippen molar-refractivity contribution in [1.29, 1.82) is 0 Å². The van der Waals surface area contributed by atoms with E-state index in [1.807, 2.05) is 16.9 Å². The zero-order chi connectivity index (χ0) is 13.1. The predicted octanol–water partition coefficient (Wildman–Crippen LogP) is 2.80. The molecule has 0 aliphatic rings. The van der Waals surface area contributed by atoms with Crippen molar-refractivity contribution in [3.63, 3.8) is 0 Å². The topological polar surface area (TPSA) is 67.7 Å². The van der Waals surface area contributed by atoms with Gasteiger partial charge in [-0.1, -0.05) is 0 Å². The van der Waals surface area contributed by atoms with Crippen LogP contribution in [-0.2, 0) is 0 Å². The van der Waals surface area contributed by atoms with Crippen LogP contribution in [0.3, 0.4) is 0 Å². The van der Waals surface area contributed by atoms with E-state index < -0.39 is 0 Å². The molecule has 0 radical (unpaired) electrons. The predicted molar refractivity (Wildman–Crippen MR) is 75.2 cm³/mol. The molecule has 2 rings (SSSR count). The van der Waals surface area contributed by atoms with Gasteiger partial charge in [-0.15, -0.1) is 0 Å². The van der Waals surface area contributed by atoms with Gasteiger partial charge in [0.15, 0.2) is 11.6 Å². The summed E-state index contributed by atoms with van der Waals surface area (Å²) >= 11 is 3.40. The summed E-state index contributed by atoms with van der Waals surface area (Å²) in [6, 6.07) is 2.25. The fraction of sp³-hybridized carbons (Fsp3) is 0.364. The van der Waals surface area contributed by atoms with Crippen molar-refractivity contribution < 1.29 is 0 Å². The number of aromatic nitrogens is 4. The molecule has 0 bridgehead atoms. The van der Waals surface area contributed by atoms with Gasteiger partial charge in [-0.2, -0.15) is 10.1 Å². The van der Waals surface area contributed by atoms with E-state index >= 15 is 0 Å². The minimum atomic E-state index is 0.335. The van der Waals surface area contributed by atoms with Crippen LogP contribution in [0.15, 0.2) is 22.9 Å². The molecule has 0 aliphatic heterocycles. The van der Waals surface area contributed by atoms with E-state index in [1.54, 1.807) is 13.2 Å². The van der Waals surface area contributed by atoms with Crippen molar-refractivity contribution in [2.24, 2.45) is 0 Å². The van der Waals surface area contributed by atoms with Crippen LogP contribution in [0.2, 0.25) is 0 Å². The van der Waals surface area contributed by atoms with Crippen molar-refractivity contribution in [1.82, 2.24) is 19.7 Å². The Labute approximate surface area is 114 Å². The summed E-state index contributed by atoms with van der Waals surface area (Å²) in [4.78, 5) is 8.41. The van der Waals surface area contributed by atoms with Crippen LogP contribution in [0.25, 0.3) is 0 Å². The molecule has 0 saturated heterocycles. The van der Waals surface area contributed by atoms with Gasteiger partial charge in [-0.3, -0.25) is 4.68 Å². The highest BCUT2D eigenvalue weighted by molar-refractivity contribution is 9.10. The molecule has 2 aromatic heterocycles. The Hall–Kier alpha value is -1.63. The number of hydrogen-bond acceptors (Lipinski definition) is 5. The molecule has 0 fully saturated rings. The number of halogens is 1. The largest absolute Gasteiger partial charge is 0.357 e. The number of hydrogen-bond donors (Lipinski definition) is 2. The van der Waals surface area contributed by atoms with Crippen molar-refractivity contribution >= 4 is 33.5 Å². The lowest BCUT2D eigenvalue weighted by molar-refractivity contribution is 0.534. The Bertz CT molecular complexity index is 536. The zero-order valence-corrected chi connectivity index (χ0v) is 12.1. The lowest BCUT2D eigenvalue weighted by Crippen LogP contribution is -2.04. The molecule has 0 aliphatic carbocycles. The minimum Gasteiger partial charge on any atom is -0.357 e. The molecule has 0 atom stereocenters. The first-order valence-electron chi connectivity index (χ1n) is 5.62. The van der Waals surface area contributed by atoms with E-state index in [4.69, 9.17) is 0 Å². The highest BCUT2D eigenvalue weighted by atomic mass is 79.9. The Morgan fingerprint density at radius 1 is 1.39 bits per heavy atom. The fourth-order valence-electron chi connectivity index (χ4n) is 1.39. The number of nitrogens with zero attached hydrogens (tertiary/aromatic N) is 4. The SMILES string of the molecule is CNc1ncc(Br)c(Nc2ccn(C(C)C)n2)n1. The first-order valence-corrected chi connectivity index (χ1v) is 6.42. The average Bonchev–Trinajstić information content (AvgIpc) is 2.81. The Balaban J connectivity index is 2.22. The van der Waals surface area contributed by atoms with Crippen LogP contribution in [0.4, 0.5) is 17.6 Å². The molecule has 0 spiro atoms. The van der Waals surface area contributed by atoms with Crippen molar-refractivity contribution in [3.8, 4) is 0 Å². The molecule has 96 valence electrons. The van der Waals surface area contributed by atoms with Crippen molar-refractivity contribution in [3.05, 3.63) is 22.9 Å². The number of rotatable bonds is 4. The van der Waals surface area contributed by atoms with Crippen molar-refractivity contribution in [2.75, 3.05) is 17.7 Å². The van der Waals surface area contributed by atoms with E-state index in [0.29, 0.717) is 17.8 Å². The molecule has 2 heterocycles. The van der Waals surface area contributed by atoms with Gasteiger partial charge in [0.2, 0.25) is 5.95 Å². The van der Waals surface area contributed by atoms with Gasteiger partial charge in [0.05, 0.1) is 4.47 Å². The normalized spacial score (nSPS) is 10.7. The summed E-state index contributed by atoms with van der Waals surface area (Å²) in [5, 5.41) is 10.5. The first-order chi connectivity index (χ1) is 8.60. The van der Waals surface area contributed by atoms with Crippen LogP contribution in [-0.4, -0.2) is 26.8 Å². The summed E-state index contributed by atoms with van der Waals surface area (Å²) < 4.78 is 2.68. The van der Waals surface area contributed by atoms with Gasteiger partial charge in [-0.25, -0.2) is 4.98 Å². The van der Waals surface area contributed by atoms with Crippen LogP contribution in [0.1, 0.15) is 19.9 Å². The first kappa shape index (κ1) is 12.8. The van der Waals surface area contributed by atoms with Crippen molar-refractivity contribution in [2.45, 2.75) is 19.9 Å². The second-order valence-electron chi connectivity index (χ2n) is 4.04. The zero-order valence-electron chi connectivity index (χ0n) is 10.5. The molecule has 0 amide bonds. The summed E-state index contributed by atoms with van der Waals surface area (Å²) in [5.74, 6) is 2.00. The van der Waals surface area contributed by atoms with E-state index in [-0.39, 0.29) is 0 Å². The maximum atomic E-state index is 4.41. The molecule has 7 heteroatoms. The number of anilines is 3. The van der Waals surface area contributed by atoms with Gasteiger partial charge in [0, 0.05) is 31.5 Å². The minimum absolute atomic E-state index is 0.335. The van der Waals surface area contributed by atoms with Gasteiger partial charge < -0.3 is 10.6 Å². The van der Waals surface area contributed by atoms with Gasteiger partial charge in [0.25, 0.3) is 0 Å². The average molecular weight is 311 g/mol. The monoisotopic (exact) mass is 310 g/mol. The lowest BCUT2D eigenvalue weighted by Gasteiger charge is -2.07. The molecule has 6 nitrogen and oxygen atoms in total. The second-order valence-corrected chi connectivity index (χ2v) is 4.89. The highest BCUT2D eigenvalue weighted by Gasteiger charge is 2.07. The van der Waals surface area contributed by atoms with Gasteiger partial charge in [-0.05, 0) is 29.8 Å². The maximum Gasteiger partial charge on any atom is 0.224 e. The van der Waals surface area contributed by atoms with E-state index in [9.17, 15) is 0 Å². The van der Waals surface area contributed by atoms with Crippen LogP contribution in [0, 0.1) is 0 Å². The summed E-state index contributed by atoms with van der Waals surface area (Å²) in [7, 11) is 1.78. The Morgan fingerprint density at radius 3 is 2.78 bits per heavy atom. The molecule has 2 N–H and O–H groups in total. The van der Waals surface area contributed by atoms with Crippen LogP contribution < -0.4 is 10.6 Å². The smallest absolute Gasteiger partial charge is 0.224 e. The summed E-state index contributed by atoms with van der Waals surface area (Å²) in [6.45, 7) is 4.16. The number of nitrogens with one attached hydrogen (secondary N) is 2. The maximum absolute atomic E-state index is 4.41. The third-order valence-corrected chi connectivity index (χ3v) is 2.93. The Kier molecular flexibility index (Phi) is 3.81. The molecule has 0 unspecified atom stereocenters. The molecular weight excluding hydrogens is 296 g/mol. The van der Waals surface area contributed by atoms with E-state index in [1.165, 1.54) is 0 Å². The molecule has 18 heavy (non-hydrogen) atoms. The molecule has 0 aromatic carbocycles. The standard InChI is InChI=1S/C11H15BrN6/c1-7(2)18-5-4-9(17-18)15-10-8(12)6-14-11(13-3)16-10/h4-7H,1-3H3,(H2,13,14,15,16,17). The van der Waals surface area contributed by atoms with Crippen LogP contribution in [0.5, 0.6) is 0 Å². The quantitative estimate of drug-likeness (QED) is 0.909. The third kappa shape index (κ3) is 2.79.